The van der Waals surface area contributed by atoms with Crippen molar-refractivity contribution < 1.29 is 14.3 Å². The van der Waals surface area contributed by atoms with Crippen LogP contribution in [0.3, 0.4) is 0 Å². The predicted octanol–water partition coefficient (Wildman–Crippen LogP) is 2.68. The molecule has 2 aromatic carbocycles. The van der Waals surface area contributed by atoms with Gasteiger partial charge in [-0.3, -0.25) is 4.84 Å². The van der Waals surface area contributed by atoms with Crippen LogP contribution in [-0.2, 0) is 18.0 Å². The van der Waals surface area contributed by atoms with Crippen LogP contribution in [-0.4, -0.2) is 13.2 Å². The molecule has 0 saturated heterocycles. The minimum Gasteiger partial charge on any atom is -0.486 e. The van der Waals surface area contributed by atoms with E-state index in [9.17, 15) is 0 Å². The van der Waals surface area contributed by atoms with Gasteiger partial charge in [0.25, 0.3) is 0 Å². The average Bonchev–Trinajstić information content (AvgIpc) is 2.52. The number of rotatable bonds is 5. The lowest BCUT2D eigenvalue weighted by Gasteiger charge is -2.18. The molecule has 0 unspecified atom stereocenters. The molecule has 2 aromatic rings. The Morgan fingerprint density at radius 2 is 1.70 bits per heavy atom. The third kappa shape index (κ3) is 3.29. The van der Waals surface area contributed by atoms with Gasteiger partial charge in [-0.25, -0.2) is 0 Å². The van der Waals surface area contributed by atoms with Crippen molar-refractivity contribution in [1.82, 2.24) is 5.48 Å². The third-order valence-corrected chi connectivity index (χ3v) is 3.07. The molecule has 1 aliphatic heterocycles. The van der Waals surface area contributed by atoms with Crippen LogP contribution in [0.4, 0.5) is 0 Å². The van der Waals surface area contributed by atoms with Crippen molar-refractivity contribution in [3.8, 4) is 11.5 Å². The number of ether oxygens (including phenoxy) is 2. The van der Waals surface area contributed by atoms with Crippen LogP contribution in [0.15, 0.2) is 48.5 Å². The van der Waals surface area contributed by atoms with Crippen molar-refractivity contribution in [2.75, 3.05) is 13.2 Å². The molecule has 0 atom stereocenters. The van der Waals surface area contributed by atoms with Crippen molar-refractivity contribution in [2.45, 2.75) is 13.2 Å². The third-order valence-electron chi connectivity index (χ3n) is 3.07. The van der Waals surface area contributed by atoms with E-state index in [2.05, 4.69) is 5.48 Å². The van der Waals surface area contributed by atoms with Gasteiger partial charge in [-0.05, 0) is 23.3 Å². The fourth-order valence-electron chi connectivity index (χ4n) is 2.04. The van der Waals surface area contributed by atoms with Crippen molar-refractivity contribution in [2.24, 2.45) is 0 Å². The molecule has 0 bridgehead atoms. The number of fused-ring (bicyclic) bond motifs is 1. The van der Waals surface area contributed by atoms with Crippen LogP contribution in [0, 0.1) is 0 Å². The fourth-order valence-corrected chi connectivity index (χ4v) is 2.04. The van der Waals surface area contributed by atoms with Crippen LogP contribution in [0.25, 0.3) is 0 Å². The maximum Gasteiger partial charge on any atom is 0.161 e. The standard InChI is InChI=1S/C16H17NO3/c1-2-4-13(5-3-1)12-20-17-11-14-6-7-15-16(10-14)19-9-8-18-15/h1-7,10,17H,8-9,11-12H2. The van der Waals surface area contributed by atoms with Gasteiger partial charge in [0.15, 0.2) is 11.5 Å². The molecule has 20 heavy (non-hydrogen) atoms. The number of hydroxylamine groups is 1. The van der Waals surface area contributed by atoms with Crippen molar-refractivity contribution >= 4 is 0 Å². The lowest BCUT2D eigenvalue weighted by molar-refractivity contribution is 0.0234. The lowest BCUT2D eigenvalue weighted by Crippen LogP contribution is -2.17. The largest absolute Gasteiger partial charge is 0.486 e. The monoisotopic (exact) mass is 271 g/mol. The fraction of sp³-hybridized carbons (Fsp3) is 0.250. The molecule has 3 rings (SSSR count). The average molecular weight is 271 g/mol. The first-order valence-electron chi connectivity index (χ1n) is 6.69. The summed E-state index contributed by atoms with van der Waals surface area (Å²) in [5.41, 5.74) is 5.20. The maximum absolute atomic E-state index is 5.55. The summed E-state index contributed by atoms with van der Waals surface area (Å²) in [5.74, 6) is 1.61. The Balaban J connectivity index is 1.49. The SMILES string of the molecule is c1ccc(CONCc2ccc3c(c2)OCCO3)cc1. The van der Waals surface area contributed by atoms with E-state index in [0.29, 0.717) is 26.4 Å². The van der Waals surface area contributed by atoms with E-state index in [1.165, 1.54) is 0 Å². The van der Waals surface area contributed by atoms with Gasteiger partial charge in [-0.15, -0.1) is 0 Å². The Hall–Kier alpha value is -2.04. The molecule has 1 N–H and O–H groups in total. The first-order chi connectivity index (χ1) is 9.92. The molecule has 0 saturated carbocycles. The van der Waals surface area contributed by atoms with Gasteiger partial charge in [-0.1, -0.05) is 36.4 Å². The topological polar surface area (TPSA) is 39.7 Å². The van der Waals surface area contributed by atoms with Gasteiger partial charge in [0.05, 0.1) is 6.61 Å². The van der Waals surface area contributed by atoms with Gasteiger partial charge in [0, 0.05) is 6.54 Å². The molecule has 0 amide bonds. The van der Waals surface area contributed by atoms with E-state index in [4.69, 9.17) is 14.3 Å². The Morgan fingerprint density at radius 1 is 0.900 bits per heavy atom. The molecule has 0 aliphatic carbocycles. The highest BCUT2D eigenvalue weighted by atomic mass is 16.6. The van der Waals surface area contributed by atoms with E-state index < -0.39 is 0 Å². The van der Waals surface area contributed by atoms with E-state index in [0.717, 1.165) is 22.6 Å². The highest BCUT2D eigenvalue weighted by Gasteiger charge is 2.11. The molecular weight excluding hydrogens is 254 g/mol. The van der Waals surface area contributed by atoms with Crippen LogP contribution in [0.5, 0.6) is 11.5 Å². The van der Waals surface area contributed by atoms with Crippen LogP contribution in [0.2, 0.25) is 0 Å². The summed E-state index contributed by atoms with van der Waals surface area (Å²) in [6.45, 7) is 2.40. The van der Waals surface area contributed by atoms with E-state index in [1.807, 2.05) is 48.5 Å². The molecule has 1 heterocycles. The molecule has 4 nitrogen and oxygen atoms in total. The van der Waals surface area contributed by atoms with Gasteiger partial charge >= 0.3 is 0 Å². The van der Waals surface area contributed by atoms with E-state index in [-0.39, 0.29) is 0 Å². The minimum atomic E-state index is 0.547. The quantitative estimate of drug-likeness (QED) is 0.670. The van der Waals surface area contributed by atoms with Crippen molar-refractivity contribution in [3.05, 3.63) is 59.7 Å². The normalized spacial score (nSPS) is 13.2. The summed E-state index contributed by atoms with van der Waals surface area (Å²) in [4.78, 5) is 5.45. The van der Waals surface area contributed by atoms with Crippen molar-refractivity contribution in [1.29, 1.82) is 0 Å². The summed E-state index contributed by atoms with van der Waals surface area (Å²) in [6, 6.07) is 16.0. The molecule has 0 fully saturated rings. The number of nitrogens with one attached hydrogen (secondary N) is 1. The van der Waals surface area contributed by atoms with Crippen LogP contribution < -0.4 is 15.0 Å². The molecule has 0 radical (unpaired) electrons. The molecule has 1 aliphatic rings. The summed E-state index contributed by atoms with van der Waals surface area (Å²) in [7, 11) is 0. The Kier molecular flexibility index (Phi) is 4.16. The Labute approximate surface area is 118 Å². The molecule has 0 spiro atoms. The molecular formula is C16H17NO3. The smallest absolute Gasteiger partial charge is 0.161 e. The first kappa shape index (κ1) is 13.0. The molecule has 0 aromatic heterocycles. The zero-order valence-corrected chi connectivity index (χ0v) is 11.2. The van der Waals surface area contributed by atoms with E-state index in [1.54, 1.807) is 0 Å². The van der Waals surface area contributed by atoms with Crippen LogP contribution >= 0.6 is 0 Å². The lowest BCUT2D eigenvalue weighted by atomic mass is 10.2. The van der Waals surface area contributed by atoms with Gasteiger partial charge in [-0.2, -0.15) is 5.48 Å². The van der Waals surface area contributed by atoms with Crippen molar-refractivity contribution in [3.63, 3.8) is 0 Å². The van der Waals surface area contributed by atoms with Gasteiger partial charge < -0.3 is 9.47 Å². The van der Waals surface area contributed by atoms with Gasteiger partial charge in [0.1, 0.15) is 13.2 Å². The first-order valence-corrected chi connectivity index (χ1v) is 6.69. The summed E-state index contributed by atoms with van der Waals surface area (Å²) in [6.07, 6.45) is 0. The highest BCUT2D eigenvalue weighted by Crippen LogP contribution is 2.30. The Bertz CT molecular complexity index is 557. The molecule has 104 valence electrons. The van der Waals surface area contributed by atoms with Crippen LogP contribution in [0.1, 0.15) is 11.1 Å². The second kappa shape index (κ2) is 6.41. The second-order valence-electron chi connectivity index (χ2n) is 4.57. The molecule has 4 heteroatoms. The predicted molar refractivity (Wildman–Crippen MR) is 75.5 cm³/mol. The number of hydrogen-bond acceptors (Lipinski definition) is 4. The number of benzene rings is 2. The minimum absolute atomic E-state index is 0.547. The maximum atomic E-state index is 5.55. The highest BCUT2D eigenvalue weighted by molar-refractivity contribution is 5.43. The summed E-state index contributed by atoms with van der Waals surface area (Å²) < 4.78 is 11.0. The van der Waals surface area contributed by atoms with E-state index >= 15 is 0 Å². The number of hydrogen-bond donors (Lipinski definition) is 1. The Morgan fingerprint density at radius 3 is 2.55 bits per heavy atom. The summed E-state index contributed by atoms with van der Waals surface area (Å²) in [5, 5.41) is 0. The summed E-state index contributed by atoms with van der Waals surface area (Å²) >= 11 is 0. The van der Waals surface area contributed by atoms with Gasteiger partial charge in [0.2, 0.25) is 0 Å². The zero-order valence-electron chi connectivity index (χ0n) is 11.2. The second-order valence-corrected chi connectivity index (χ2v) is 4.57. The zero-order chi connectivity index (χ0) is 13.6.